The van der Waals surface area contributed by atoms with Crippen LogP contribution in [0.25, 0.3) is 0 Å². The Morgan fingerprint density at radius 1 is 0.758 bits per heavy atom. The number of hydrogen-bond donors (Lipinski definition) is 0. The van der Waals surface area contributed by atoms with E-state index in [1.165, 1.54) is 4.31 Å². The predicted molar refractivity (Wildman–Crippen MR) is 125 cm³/mol. The fourth-order valence-corrected chi connectivity index (χ4v) is 5.89. The van der Waals surface area contributed by atoms with Crippen molar-refractivity contribution < 1.29 is 27.4 Å². The quantitative estimate of drug-likeness (QED) is 0.520. The summed E-state index contributed by atoms with van der Waals surface area (Å²) in [5.41, 5.74) is 2.61. The molecule has 174 valence electrons. The Morgan fingerprint density at radius 2 is 1.36 bits per heavy atom. The van der Waals surface area contributed by atoms with Crippen LogP contribution in [0.15, 0.2) is 65.6 Å². The second-order valence-electron chi connectivity index (χ2n) is 7.60. The van der Waals surface area contributed by atoms with Crippen molar-refractivity contribution in [1.29, 1.82) is 0 Å². The Labute approximate surface area is 194 Å². The third-order valence-corrected chi connectivity index (χ3v) is 7.78. The van der Waals surface area contributed by atoms with Gasteiger partial charge in [0.15, 0.2) is 23.0 Å². The molecule has 1 aliphatic rings. The SMILES string of the molecule is COc1ccc(C2c3cc(OC)c(OC)cc3CCN2S(=O)(=O)c2ccccc2)cc1OC. The van der Waals surface area contributed by atoms with E-state index in [9.17, 15) is 8.42 Å². The molecular weight excluding hydrogens is 442 g/mol. The van der Waals surface area contributed by atoms with E-state index in [0.29, 0.717) is 36.0 Å². The van der Waals surface area contributed by atoms with Gasteiger partial charge in [-0.3, -0.25) is 0 Å². The molecule has 1 aliphatic heterocycles. The van der Waals surface area contributed by atoms with E-state index >= 15 is 0 Å². The number of benzene rings is 3. The number of sulfonamides is 1. The number of rotatable bonds is 7. The van der Waals surface area contributed by atoms with Crippen LogP contribution in [0.3, 0.4) is 0 Å². The van der Waals surface area contributed by atoms with Gasteiger partial charge >= 0.3 is 0 Å². The maximum atomic E-state index is 13.7. The van der Waals surface area contributed by atoms with Crippen LogP contribution in [0, 0.1) is 0 Å². The summed E-state index contributed by atoms with van der Waals surface area (Å²) in [6.45, 7) is 0.318. The fraction of sp³-hybridized carbons (Fsp3) is 0.280. The van der Waals surface area contributed by atoms with Crippen LogP contribution in [0.4, 0.5) is 0 Å². The zero-order chi connectivity index (χ0) is 23.6. The third-order valence-electron chi connectivity index (χ3n) is 5.90. The van der Waals surface area contributed by atoms with Gasteiger partial charge in [0.1, 0.15) is 0 Å². The van der Waals surface area contributed by atoms with Crippen molar-refractivity contribution >= 4 is 10.0 Å². The molecule has 0 saturated carbocycles. The van der Waals surface area contributed by atoms with E-state index < -0.39 is 16.1 Å². The smallest absolute Gasteiger partial charge is 0.243 e. The molecule has 0 aliphatic carbocycles. The van der Waals surface area contributed by atoms with Gasteiger partial charge in [0.25, 0.3) is 0 Å². The first-order chi connectivity index (χ1) is 15.9. The Kier molecular flexibility index (Phi) is 6.49. The van der Waals surface area contributed by atoms with Crippen LogP contribution in [0.5, 0.6) is 23.0 Å². The number of fused-ring (bicyclic) bond motifs is 1. The molecule has 0 amide bonds. The van der Waals surface area contributed by atoms with Crippen molar-refractivity contribution in [2.24, 2.45) is 0 Å². The van der Waals surface area contributed by atoms with Gasteiger partial charge < -0.3 is 18.9 Å². The molecular formula is C25H27NO6S. The van der Waals surface area contributed by atoms with Crippen LogP contribution in [0.2, 0.25) is 0 Å². The highest BCUT2D eigenvalue weighted by Crippen LogP contribution is 2.44. The minimum absolute atomic E-state index is 0.249. The summed E-state index contributed by atoms with van der Waals surface area (Å²) < 4.78 is 50.9. The molecule has 0 radical (unpaired) electrons. The predicted octanol–water partition coefficient (Wildman–Crippen LogP) is 4.06. The van der Waals surface area contributed by atoms with E-state index in [2.05, 4.69) is 0 Å². The Bertz CT molecular complexity index is 1240. The molecule has 3 aromatic carbocycles. The molecule has 1 unspecified atom stereocenters. The van der Waals surface area contributed by atoms with E-state index in [0.717, 1.165) is 16.7 Å². The second-order valence-corrected chi connectivity index (χ2v) is 9.49. The van der Waals surface area contributed by atoms with Crippen LogP contribution in [-0.4, -0.2) is 47.7 Å². The van der Waals surface area contributed by atoms with Gasteiger partial charge in [-0.1, -0.05) is 24.3 Å². The topological polar surface area (TPSA) is 74.3 Å². The lowest BCUT2D eigenvalue weighted by molar-refractivity contribution is 0.328. The molecule has 33 heavy (non-hydrogen) atoms. The van der Waals surface area contributed by atoms with Gasteiger partial charge in [-0.25, -0.2) is 8.42 Å². The average molecular weight is 470 g/mol. The monoisotopic (exact) mass is 469 g/mol. The average Bonchev–Trinajstić information content (AvgIpc) is 2.87. The molecule has 0 fully saturated rings. The van der Waals surface area contributed by atoms with Crippen LogP contribution in [0.1, 0.15) is 22.7 Å². The first-order valence-electron chi connectivity index (χ1n) is 10.5. The number of methoxy groups -OCH3 is 4. The van der Waals surface area contributed by atoms with Crippen LogP contribution >= 0.6 is 0 Å². The lowest BCUT2D eigenvalue weighted by atomic mass is 9.89. The van der Waals surface area contributed by atoms with Gasteiger partial charge in [-0.2, -0.15) is 4.31 Å². The van der Waals surface area contributed by atoms with E-state index in [4.69, 9.17) is 18.9 Å². The highest BCUT2D eigenvalue weighted by Gasteiger charge is 2.38. The molecule has 7 nitrogen and oxygen atoms in total. The number of ether oxygens (including phenoxy) is 4. The van der Waals surface area contributed by atoms with Crippen molar-refractivity contribution in [2.45, 2.75) is 17.4 Å². The maximum absolute atomic E-state index is 13.7. The van der Waals surface area contributed by atoms with E-state index in [1.807, 2.05) is 24.3 Å². The summed E-state index contributed by atoms with van der Waals surface area (Å²) in [5, 5.41) is 0. The second kappa shape index (κ2) is 9.33. The zero-order valence-corrected chi connectivity index (χ0v) is 19.9. The first-order valence-corrected chi connectivity index (χ1v) is 11.9. The highest BCUT2D eigenvalue weighted by atomic mass is 32.2. The van der Waals surface area contributed by atoms with Crippen molar-refractivity contribution in [3.8, 4) is 23.0 Å². The van der Waals surface area contributed by atoms with Gasteiger partial charge in [-0.05, 0) is 59.5 Å². The maximum Gasteiger partial charge on any atom is 0.243 e. The Hall–Kier alpha value is -3.23. The van der Waals surface area contributed by atoms with Crippen molar-refractivity contribution in [3.05, 3.63) is 77.4 Å². The minimum atomic E-state index is -3.78. The minimum Gasteiger partial charge on any atom is -0.493 e. The normalized spacial score (nSPS) is 16.1. The fourth-order valence-electron chi connectivity index (χ4n) is 4.28. The van der Waals surface area contributed by atoms with Gasteiger partial charge in [0.2, 0.25) is 10.0 Å². The first kappa shape index (κ1) is 22.9. The van der Waals surface area contributed by atoms with Crippen LogP contribution < -0.4 is 18.9 Å². The van der Waals surface area contributed by atoms with Crippen LogP contribution in [-0.2, 0) is 16.4 Å². The summed E-state index contributed by atoms with van der Waals surface area (Å²) >= 11 is 0. The lowest BCUT2D eigenvalue weighted by Gasteiger charge is -2.37. The molecule has 8 heteroatoms. The standard InChI is InChI=1S/C25H27NO6S/c1-29-21-11-10-18(15-22(21)30-2)25-20-16-24(32-4)23(31-3)14-17(20)12-13-26(25)33(27,28)19-8-6-5-7-9-19/h5-11,14-16,25H,12-13H2,1-4H3. The van der Waals surface area contributed by atoms with Crippen molar-refractivity contribution in [3.63, 3.8) is 0 Å². The summed E-state index contributed by atoms with van der Waals surface area (Å²) in [6.07, 6.45) is 0.547. The summed E-state index contributed by atoms with van der Waals surface area (Å²) in [7, 11) is 2.50. The van der Waals surface area contributed by atoms with Crippen molar-refractivity contribution in [1.82, 2.24) is 4.31 Å². The van der Waals surface area contributed by atoms with Gasteiger partial charge in [-0.15, -0.1) is 0 Å². The largest absolute Gasteiger partial charge is 0.493 e. The summed E-state index contributed by atoms with van der Waals surface area (Å²) in [4.78, 5) is 0.249. The molecule has 1 atom stereocenters. The molecule has 0 spiro atoms. The molecule has 0 aromatic heterocycles. The summed E-state index contributed by atoms with van der Waals surface area (Å²) in [6, 6.07) is 17.2. The summed E-state index contributed by atoms with van der Waals surface area (Å²) in [5.74, 6) is 2.25. The third kappa shape index (κ3) is 4.12. The van der Waals surface area contributed by atoms with E-state index in [1.54, 1.807) is 64.8 Å². The zero-order valence-electron chi connectivity index (χ0n) is 19.1. The Balaban J connectivity index is 1.94. The molecule has 0 saturated heterocycles. The van der Waals surface area contributed by atoms with Crippen molar-refractivity contribution in [2.75, 3.05) is 35.0 Å². The molecule has 4 rings (SSSR count). The van der Waals surface area contributed by atoms with Gasteiger partial charge in [0.05, 0.1) is 39.4 Å². The molecule has 1 heterocycles. The highest BCUT2D eigenvalue weighted by molar-refractivity contribution is 7.89. The Morgan fingerprint density at radius 3 is 2.00 bits per heavy atom. The molecule has 0 N–H and O–H groups in total. The number of hydrogen-bond acceptors (Lipinski definition) is 6. The molecule has 0 bridgehead atoms. The lowest BCUT2D eigenvalue weighted by Crippen LogP contribution is -2.40. The number of nitrogens with zero attached hydrogens (tertiary/aromatic N) is 1. The van der Waals surface area contributed by atoms with E-state index in [-0.39, 0.29) is 4.90 Å². The van der Waals surface area contributed by atoms with Gasteiger partial charge in [0, 0.05) is 6.54 Å². The molecule has 3 aromatic rings.